The second kappa shape index (κ2) is 7.27. The number of aromatic nitrogens is 2. The van der Waals surface area contributed by atoms with E-state index in [1.54, 1.807) is 0 Å². The Bertz CT molecular complexity index is 542. The standard InChI is InChI=1S/C9H13N3O5.C3H6O/c10-5-1-2-12(9(16)11-5)8-7(15)6(14)4(3-13)17-8;1-3(2)4/h1-2,4,6-8,13-15H,3H2,(H2,10,11,16);1-2H3/t4-,6-,7-,8-;/m1./s1. The topological polar surface area (TPSA) is 148 Å². The minimum absolute atomic E-state index is 0.0537. The predicted molar refractivity (Wildman–Crippen MR) is 72.3 cm³/mol. The monoisotopic (exact) mass is 301 g/mol. The fraction of sp³-hybridized carbons (Fsp3) is 0.583. The third-order valence-corrected chi connectivity index (χ3v) is 2.64. The fourth-order valence-corrected chi connectivity index (χ4v) is 1.73. The smallest absolute Gasteiger partial charge is 0.351 e. The molecule has 0 radical (unpaired) electrons. The molecule has 0 saturated carbocycles. The van der Waals surface area contributed by atoms with Gasteiger partial charge in [0.15, 0.2) is 6.23 Å². The normalized spacial score (nSPS) is 27.9. The zero-order chi connectivity index (χ0) is 16.2. The number of carbonyl (C=O) groups excluding carboxylic acids is 1. The lowest BCUT2D eigenvalue weighted by Gasteiger charge is -2.16. The van der Waals surface area contributed by atoms with Gasteiger partial charge in [-0.25, -0.2) is 4.79 Å². The third-order valence-electron chi connectivity index (χ3n) is 2.64. The van der Waals surface area contributed by atoms with Gasteiger partial charge in [0.05, 0.1) is 6.61 Å². The molecule has 0 unspecified atom stereocenters. The highest BCUT2D eigenvalue weighted by Gasteiger charge is 2.43. The Hall–Kier alpha value is -1.81. The maximum Gasteiger partial charge on any atom is 0.351 e. The second-order valence-electron chi connectivity index (χ2n) is 4.68. The van der Waals surface area contributed by atoms with Crippen LogP contribution in [0, 0.1) is 0 Å². The number of aliphatic hydroxyl groups is 3. The molecule has 21 heavy (non-hydrogen) atoms. The molecule has 1 aliphatic rings. The van der Waals surface area contributed by atoms with E-state index in [4.69, 9.17) is 15.6 Å². The highest BCUT2D eigenvalue weighted by Crippen LogP contribution is 2.27. The summed E-state index contributed by atoms with van der Waals surface area (Å²) in [5.41, 5.74) is 4.63. The first kappa shape index (κ1) is 17.2. The number of hydrogen-bond acceptors (Lipinski definition) is 8. The number of hydrogen-bond donors (Lipinski definition) is 4. The van der Waals surface area contributed by atoms with Gasteiger partial charge in [-0.15, -0.1) is 0 Å². The number of carbonyl (C=O) groups is 1. The van der Waals surface area contributed by atoms with Crippen molar-refractivity contribution in [1.82, 2.24) is 9.55 Å². The molecule has 1 aromatic heterocycles. The number of rotatable bonds is 2. The van der Waals surface area contributed by atoms with Crippen LogP contribution in [0.15, 0.2) is 17.1 Å². The van der Waals surface area contributed by atoms with Gasteiger partial charge in [-0.05, 0) is 19.9 Å². The highest BCUT2D eigenvalue weighted by molar-refractivity contribution is 5.72. The largest absolute Gasteiger partial charge is 0.394 e. The van der Waals surface area contributed by atoms with Crippen LogP contribution in [0.5, 0.6) is 0 Å². The summed E-state index contributed by atoms with van der Waals surface area (Å²) in [4.78, 5) is 24.4. The van der Waals surface area contributed by atoms with Gasteiger partial charge in [-0.1, -0.05) is 0 Å². The summed E-state index contributed by atoms with van der Waals surface area (Å²) in [7, 11) is 0. The number of aliphatic hydroxyl groups excluding tert-OH is 3. The first-order valence-corrected chi connectivity index (χ1v) is 6.22. The van der Waals surface area contributed by atoms with E-state index in [-0.39, 0.29) is 11.6 Å². The molecule has 5 N–H and O–H groups in total. The summed E-state index contributed by atoms with van der Waals surface area (Å²) in [5, 5.41) is 28.2. The van der Waals surface area contributed by atoms with Crippen LogP contribution in [0.4, 0.5) is 5.82 Å². The van der Waals surface area contributed by atoms with Crippen molar-refractivity contribution >= 4 is 11.6 Å². The molecule has 0 aromatic carbocycles. The molecule has 4 atom stereocenters. The van der Waals surface area contributed by atoms with E-state index >= 15 is 0 Å². The number of ether oxygens (including phenoxy) is 1. The van der Waals surface area contributed by atoms with Crippen LogP contribution in [-0.4, -0.2) is 55.6 Å². The van der Waals surface area contributed by atoms with Crippen molar-refractivity contribution < 1.29 is 24.9 Å². The summed E-state index contributed by atoms with van der Waals surface area (Å²) in [6.07, 6.45) is -3.27. The van der Waals surface area contributed by atoms with Gasteiger partial charge in [0.25, 0.3) is 0 Å². The molecule has 0 bridgehead atoms. The minimum Gasteiger partial charge on any atom is -0.394 e. The molecule has 1 aliphatic heterocycles. The maximum atomic E-state index is 11.5. The molecule has 0 amide bonds. The number of nitrogen functional groups attached to an aromatic ring is 1. The van der Waals surface area contributed by atoms with Crippen LogP contribution >= 0.6 is 0 Å². The van der Waals surface area contributed by atoms with Crippen LogP contribution in [0.3, 0.4) is 0 Å². The van der Waals surface area contributed by atoms with E-state index in [2.05, 4.69) is 4.98 Å². The SMILES string of the molecule is CC(C)=O.Nc1ccn([C@@H]2O[C@H](CO)[C@@H](O)[C@H]2O)c(=O)n1. The summed E-state index contributed by atoms with van der Waals surface area (Å²) in [6, 6.07) is 1.37. The lowest BCUT2D eigenvalue weighted by molar-refractivity contribution is -0.114. The number of nitrogens with two attached hydrogens (primary N) is 1. The van der Waals surface area contributed by atoms with Crippen molar-refractivity contribution in [3.05, 3.63) is 22.7 Å². The minimum atomic E-state index is -1.31. The predicted octanol–water partition coefficient (Wildman–Crippen LogP) is -1.97. The van der Waals surface area contributed by atoms with E-state index < -0.39 is 36.8 Å². The van der Waals surface area contributed by atoms with Crippen LogP contribution in [-0.2, 0) is 9.53 Å². The number of anilines is 1. The average Bonchev–Trinajstić information content (AvgIpc) is 2.66. The van der Waals surface area contributed by atoms with E-state index in [0.717, 1.165) is 4.57 Å². The Morgan fingerprint density at radius 2 is 2.00 bits per heavy atom. The third kappa shape index (κ3) is 4.33. The molecule has 2 heterocycles. The van der Waals surface area contributed by atoms with E-state index in [1.165, 1.54) is 26.1 Å². The van der Waals surface area contributed by atoms with Crippen LogP contribution < -0.4 is 11.4 Å². The van der Waals surface area contributed by atoms with Gasteiger partial charge in [-0.3, -0.25) is 4.57 Å². The van der Waals surface area contributed by atoms with E-state index in [0.29, 0.717) is 0 Å². The van der Waals surface area contributed by atoms with Gasteiger partial charge >= 0.3 is 5.69 Å². The number of Topliss-reactive ketones (excluding diaryl/α,β-unsaturated/α-hetero) is 1. The lowest BCUT2D eigenvalue weighted by Crippen LogP contribution is -2.36. The van der Waals surface area contributed by atoms with E-state index in [9.17, 15) is 19.8 Å². The van der Waals surface area contributed by atoms with Gasteiger partial charge in [0, 0.05) is 6.20 Å². The number of nitrogens with zero attached hydrogens (tertiary/aromatic N) is 2. The highest BCUT2D eigenvalue weighted by atomic mass is 16.6. The summed E-state index contributed by atoms with van der Waals surface area (Å²) in [5.74, 6) is 0.220. The Morgan fingerprint density at radius 3 is 2.43 bits per heavy atom. The van der Waals surface area contributed by atoms with Crippen molar-refractivity contribution in [2.45, 2.75) is 38.4 Å². The molecule has 1 fully saturated rings. The van der Waals surface area contributed by atoms with Gasteiger partial charge in [0.2, 0.25) is 0 Å². The van der Waals surface area contributed by atoms with Gasteiger partial charge in [-0.2, -0.15) is 4.98 Å². The van der Waals surface area contributed by atoms with E-state index in [1.807, 2.05) is 0 Å². The van der Waals surface area contributed by atoms with Gasteiger partial charge in [0.1, 0.15) is 29.9 Å². The van der Waals surface area contributed by atoms with Gasteiger partial charge < -0.3 is 30.6 Å². The first-order chi connectivity index (χ1) is 9.77. The van der Waals surface area contributed by atoms with Crippen molar-refractivity contribution in [2.24, 2.45) is 0 Å². The summed E-state index contributed by atoms with van der Waals surface area (Å²) < 4.78 is 6.19. The van der Waals surface area contributed by atoms with Crippen LogP contribution in [0.25, 0.3) is 0 Å². The molecular formula is C12H19N3O6. The van der Waals surface area contributed by atoms with Crippen LogP contribution in [0.2, 0.25) is 0 Å². The summed E-state index contributed by atoms with van der Waals surface area (Å²) in [6.45, 7) is 2.60. The average molecular weight is 301 g/mol. The number of ketones is 1. The fourth-order valence-electron chi connectivity index (χ4n) is 1.73. The molecule has 9 nitrogen and oxygen atoms in total. The Labute approximate surface area is 120 Å². The Kier molecular flexibility index (Phi) is 5.97. The Morgan fingerprint density at radius 1 is 1.43 bits per heavy atom. The molecule has 118 valence electrons. The Balaban J connectivity index is 0.000000491. The molecule has 2 rings (SSSR count). The second-order valence-corrected chi connectivity index (χ2v) is 4.68. The first-order valence-electron chi connectivity index (χ1n) is 6.22. The van der Waals surface area contributed by atoms with Crippen LogP contribution in [0.1, 0.15) is 20.1 Å². The van der Waals surface area contributed by atoms with Crippen molar-refractivity contribution in [3.63, 3.8) is 0 Å². The molecule has 1 aromatic rings. The quantitative estimate of drug-likeness (QED) is 0.492. The maximum absolute atomic E-state index is 11.5. The summed E-state index contributed by atoms with van der Waals surface area (Å²) >= 11 is 0. The van der Waals surface area contributed by atoms with Crippen molar-refractivity contribution in [1.29, 1.82) is 0 Å². The molecule has 0 spiro atoms. The zero-order valence-electron chi connectivity index (χ0n) is 11.7. The molecular weight excluding hydrogens is 282 g/mol. The molecule has 0 aliphatic carbocycles. The lowest BCUT2D eigenvalue weighted by atomic mass is 10.1. The molecule has 9 heteroatoms. The van der Waals surface area contributed by atoms with Crippen molar-refractivity contribution in [3.8, 4) is 0 Å². The zero-order valence-corrected chi connectivity index (χ0v) is 11.7. The molecule has 1 saturated heterocycles. The van der Waals surface area contributed by atoms with Crippen molar-refractivity contribution in [2.75, 3.05) is 12.3 Å².